The van der Waals surface area contributed by atoms with Gasteiger partial charge in [-0.05, 0) is 25.7 Å². The van der Waals surface area contributed by atoms with Gasteiger partial charge < -0.3 is 5.73 Å². The van der Waals surface area contributed by atoms with E-state index in [1.54, 1.807) is 0 Å². The van der Waals surface area contributed by atoms with E-state index in [2.05, 4.69) is 34.6 Å². The predicted octanol–water partition coefficient (Wildman–Crippen LogP) is 2.55. The van der Waals surface area contributed by atoms with Gasteiger partial charge in [-0.2, -0.15) is 0 Å². The molecule has 0 bridgehead atoms. The van der Waals surface area contributed by atoms with E-state index < -0.39 is 0 Å². The second-order valence-corrected chi connectivity index (χ2v) is 4.68. The van der Waals surface area contributed by atoms with Crippen LogP contribution in [0.4, 0.5) is 0 Å². The summed E-state index contributed by atoms with van der Waals surface area (Å²) in [6.45, 7) is 10.9. The zero-order chi connectivity index (χ0) is 8.41. The highest BCUT2D eigenvalue weighted by Crippen LogP contribution is 2.29. The van der Waals surface area contributed by atoms with Crippen LogP contribution in [-0.2, 0) is 0 Å². The summed E-state index contributed by atoms with van der Waals surface area (Å²) in [5.41, 5.74) is 6.28. The average Bonchev–Trinajstić information content (AvgIpc) is 1.60. The summed E-state index contributed by atoms with van der Waals surface area (Å²) in [4.78, 5) is 0. The number of hydrogen-bond acceptors (Lipinski definition) is 1. The molecule has 0 aromatic carbocycles. The van der Waals surface area contributed by atoms with Gasteiger partial charge in [0.1, 0.15) is 0 Å². The van der Waals surface area contributed by atoms with E-state index in [1.165, 1.54) is 6.42 Å². The lowest BCUT2D eigenvalue weighted by Crippen LogP contribution is -2.37. The van der Waals surface area contributed by atoms with Gasteiger partial charge in [-0.15, -0.1) is 0 Å². The zero-order valence-electron chi connectivity index (χ0n) is 7.99. The van der Waals surface area contributed by atoms with E-state index in [-0.39, 0.29) is 5.54 Å². The fourth-order valence-electron chi connectivity index (χ4n) is 1.36. The van der Waals surface area contributed by atoms with Crippen LogP contribution in [0.5, 0.6) is 0 Å². The van der Waals surface area contributed by atoms with Gasteiger partial charge in [0, 0.05) is 5.54 Å². The first kappa shape index (κ1) is 9.96. The van der Waals surface area contributed by atoms with Crippen molar-refractivity contribution in [2.75, 3.05) is 0 Å². The van der Waals surface area contributed by atoms with Crippen LogP contribution in [0.3, 0.4) is 0 Å². The molecule has 0 spiro atoms. The third kappa shape index (κ3) is 4.80. The predicted molar refractivity (Wildman–Crippen MR) is 47.0 cm³/mol. The summed E-state index contributed by atoms with van der Waals surface area (Å²) in [7, 11) is 0. The van der Waals surface area contributed by atoms with Crippen LogP contribution < -0.4 is 5.73 Å². The Morgan fingerprint density at radius 3 is 1.60 bits per heavy atom. The molecule has 0 unspecified atom stereocenters. The summed E-state index contributed by atoms with van der Waals surface area (Å²) >= 11 is 0. The number of rotatable bonds is 3. The first-order chi connectivity index (χ1) is 4.27. The van der Waals surface area contributed by atoms with Gasteiger partial charge in [-0.25, -0.2) is 0 Å². The van der Waals surface area contributed by atoms with E-state index >= 15 is 0 Å². The molecule has 0 aliphatic carbocycles. The van der Waals surface area contributed by atoms with Gasteiger partial charge in [0.2, 0.25) is 0 Å². The van der Waals surface area contributed by atoms with E-state index in [9.17, 15) is 0 Å². The van der Waals surface area contributed by atoms with E-state index in [4.69, 9.17) is 5.73 Å². The Kier molecular flexibility index (Phi) is 2.90. The molecule has 0 aliphatic heterocycles. The molecular weight excluding hydrogens is 122 g/mol. The smallest absolute Gasteiger partial charge is 0.0102 e. The minimum absolute atomic E-state index is 0.0144. The lowest BCUT2D eigenvalue weighted by Gasteiger charge is -2.31. The molecule has 0 fully saturated rings. The highest BCUT2D eigenvalue weighted by atomic mass is 14.7. The highest BCUT2D eigenvalue weighted by Gasteiger charge is 2.23. The van der Waals surface area contributed by atoms with Crippen LogP contribution in [0.25, 0.3) is 0 Å². The number of nitrogens with two attached hydrogens (primary N) is 1. The maximum absolute atomic E-state index is 5.90. The van der Waals surface area contributed by atoms with Crippen molar-refractivity contribution in [3.63, 3.8) is 0 Å². The molecule has 0 radical (unpaired) electrons. The third-order valence-corrected chi connectivity index (χ3v) is 1.89. The SMILES string of the molecule is CCC(C)(C)CC(C)(C)N. The molecule has 0 aliphatic rings. The van der Waals surface area contributed by atoms with Crippen molar-refractivity contribution in [3.05, 3.63) is 0 Å². The van der Waals surface area contributed by atoms with E-state index in [0.29, 0.717) is 5.41 Å². The summed E-state index contributed by atoms with van der Waals surface area (Å²) in [6.07, 6.45) is 2.30. The molecule has 10 heavy (non-hydrogen) atoms. The van der Waals surface area contributed by atoms with Crippen molar-refractivity contribution in [1.82, 2.24) is 0 Å². The molecular formula is C9H21N. The molecule has 0 aromatic rings. The lowest BCUT2D eigenvalue weighted by atomic mass is 9.79. The van der Waals surface area contributed by atoms with Gasteiger partial charge in [-0.3, -0.25) is 0 Å². The monoisotopic (exact) mass is 143 g/mol. The summed E-state index contributed by atoms with van der Waals surface area (Å²) in [6, 6.07) is 0. The van der Waals surface area contributed by atoms with Crippen molar-refractivity contribution >= 4 is 0 Å². The molecule has 0 saturated carbocycles. The molecule has 0 aromatic heterocycles. The fraction of sp³-hybridized carbons (Fsp3) is 1.00. The van der Waals surface area contributed by atoms with E-state index in [0.717, 1.165) is 6.42 Å². The van der Waals surface area contributed by atoms with E-state index in [1.807, 2.05) is 0 Å². The van der Waals surface area contributed by atoms with Crippen molar-refractivity contribution < 1.29 is 0 Å². The topological polar surface area (TPSA) is 26.0 Å². The molecule has 0 saturated heterocycles. The maximum atomic E-state index is 5.90. The molecule has 1 heteroatoms. The second kappa shape index (κ2) is 2.91. The number of hydrogen-bond donors (Lipinski definition) is 1. The molecule has 1 nitrogen and oxygen atoms in total. The Hall–Kier alpha value is -0.0400. The van der Waals surface area contributed by atoms with Gasteiger partial charge in [0.15, 0.2) is 0 Å². The van der Waals surface area contributed by atoms with Crippen LogP contribution >= 0.6 is 0 Å². The van der Waals surface area contributed by atoms with Crippen molar-refractivity contribution in [2.24, 2.45) is 11.1 Å². The lowest BCUT2D eigenvalue weighted by molar-refractivity contribution is 0.251. The van der Waals surface area contributed by atoms with Crippen LogP contribution in [0.15, 0.2) is 0 Å². The molecule has 2 N–H and O–H groups in total. The second-order valence-electron chi connectivity index (χ2n) is 4.68. The van der Waals surface area contributed by atoms with Gasteiger partial charge >= 0.3 is 0 Å². The van der Waals surface area contributed by atoms with Crippen LogP contribution in [-0.4, -0.2) is 5.54 Å². The van der Waals surface area contributed by atoms with Gasteiger partial charge in [-0.1, -0.05) is 27.2 Å². The largest absolute Gasteiger partial charge is 0.326 e. The van der Waals surface area contributed by atoms with Gasteiger partial charge in [0.05, 0.1) is 0 Å². The first-order valence-electron chi connectivity index (χ1n) is 4.06. The van der Waals surface area contributed by atoms with Gasteiger partial charge in [0.25, 0.3) is 0 Å². The molecule has 0 amide bonds. The Balaban J connectivity index is 3.89. The molecule has 62 valence electrons. The minimum atomic E-state index is -0.0144. The van der Waals surface area contributed by atoms with Crippen LogP contribution in [0.2, 0.25) is 0 Å². The highest BCUT2D eigenvalue weighted by molar-refractivity contribution is 4.80. The minimum Gasteiger partial charge on any atom is -0.326 e. The Labute approximate surface area is 65.0 Å². The van der Waals surface area contributed by atoms with Crippen LogP contribution in [0, 0.1) is 5.41 Å². The molecule has 0 heterocycles. The fourth-order valence-corrected chi connectivity index (χ4v) is 1.36. The standard InChI is InChI=1S/C9H21N/c1-6-8(2,3)7-9(4,5)10/h6-7,10H2,1-5H3. The first-order valence-corrected chi connectivity index (χ1v) is 4.06. The Bertz CT molecular complexity index is 97.8. The summed E-state index contributed by atoms with van der Waals surface area (Å²) in [5, 5.41) is 0. The normalized spacial score (nSPS) is 13.8. The quantitative estimate of drug-likeness (QED) is 0.645. The Morgan fingerprint density at radius 1 is 1.10 bits per heavy atom. The van der Waals surface area contributed by atoms with Crippen LogP contribution in [0.1, 0.15) is 47.5 Å². The Morgan fingerprint density at radius 2 is 1.50 bits per heavy atom. The maximum Gasteiger partial charge on any atom is 0.0102 e. The average molecular weight is 143 g/mol. The summed E-state index contributed by atoms with van der Waals surface area (Å²) < 4.78 is 0. The van der Waals surface area contributed by atoms with Crippen molar-refractivity contribution in [3.8, 4) is 0 Å². The molecule has 0 rings (SSSR count). The van der Waals surface area contributed by atoms with Crippen molar-refractivity contribution in [2.45, 2.75) is 53.0 Å². The zero-order valence-corrected chi connectivity index (χ0v) is 7.99. The van der Waals surface area contributed by atoms with Crippen molar-refractivity contribution in [1.29, 1.82) is 0 Å². The third-order valence-electron chi connectivity index (χ3n) is 1.89. The summed E-state index contributed by atoms with van der Waals surface area (Å²) in [5.74, 6) is 0. The molecule has 0 atom stereocenters.